The first kappa shape index (κ1) is 16.4. The normalized spacial score (nSPS) is 15.1. The van der Waals surface area contributed by atoms with Crippen molar-refractivity contribution in [1.29, 1.82) is 0 Å². The number of hydrogen-bond acceptors (Lipinski definition) is 3. The van der Waals surface area contributed by atoms with E-state index in [2.05, 4.69) is 31.0 Å². The summed E-state index contributed by atoms with van der Waals surface area (Å²) in [5.41, 5.74) is 5.77. The molecular weight excluding hydrogens is 214 g/mol. The van der Waals surface area contributed by atoms with E-state index in [0.717, 1.165) is 19.4 Å². The fourth-order valence-electron chi connectivity index (χ4n) is 1.85. The molecule has 4 nitrogen and oxygen atoms in total. The molecule has 0 aliphatic heterocycles. The van der Waals surface area contributed by atoms with E-state index < -0.39 is 0 Å². The van der Waals surface area contributed by atoms with Gasteiger partial charge in [-0.1, -0.05) is 13.8 Å². The molecule has 1 atom stereocenters. The Labute approximate surface area is 106 Å². The van der Waals surface area contributed by atoms with E-state index in [9.17, 15) is 4.79 Å². The third-order valence-corrected chi connectivity index (χ3v) is 3.24. The van der Waals surface area contributed by atoms with E-state index in [1.165, 1.54) is 0 Å². The zero-order chi connectivity index (χ0) is 13.5. The average Bonchev–Trinajstić information content (AvgIpc) is 2.26. The quantitative estimate of drug-likeness (QED) is 0.676. The molecule has 0 spiro atoms. The second kappa shape index (κ2) is 7.67. The Morgan fingerprint density at radius 2 is 2.00 bits per heavy atom. The van der Waals surface area contributed by atoms with Gasteiger partial charge in [-0.05, 0) is 40.2 Å². The largest absolute Gasteiger partial charge is 0.353 e. The van der Waals surface area contributed by atoms with Crippen LogP contribution in [0.3, 0.4) is 0 Å². The first-order chi connectivity index (χ1) is 7.89. The maximum atomic E-state index is 11.8. The van der Waals surface area contributed by atoms with Crippen molar-refractivity contribution in [2.45, 2.75) is 59.0 Å². The molecule has 0 heterocycles. The van der Waals surface area contributed by atoms with Crippen LogP contribution in [0.5, 0.6) is 0 Å². The highest BCUT2D eigenvalue weighted by Crippen LogP contribution is 2.18. The summed E-state index contributed by atoms with van der Waals surface area (Å²) in [6.07, 6.45) is 1.99. The fraction of sp³-hybridized carbons (Fsp3) is 0.923. The van der Waals surface area contributed by atoms with E-state index in [-0.39, 0.29) is 17.5 Å². The van der Waals surface area contributed by atoms with Gasteiger partial charge in [-0.3, -0.25) is 9.69 Å². The molecule has 102 valence electrons. The molecule has 0 rings (SSSR count). The molecule has 0 aliphatic carbocycles. The van der Waals surface area contributed by atoms with E-state index in [1.807, 2.05) is 13.8 Å². The topological polar surface area (TPSA) is 58.4 Å². The monoisotopic (exact) mass is 243 g/mol. The van der Waals surface area contributed by atoms with Crippen molar-refractivity contribution in [3.63, 3.8) is 0 Å². The molecule has 0 aromatic heterocycles. The van der Waals surface area contributed by atoms with Crippen LogP contribution >= 0.6 is 0 Å². The van der Waals surface area contributed by atoms with Gasteiger partial charge in [0.1, 0.15) is 0 Å². The number of amides is 1. The summed E-state index contributed by atoms with van der Waals surface area (Å²) < 4.78 is 0. The number of hydrogen-bond donors (Lipinski definition) is 2. The Kier molecular flexibility index (Phi) is 7.39. The Hall–Kier alpha value is -0.610. The van der Waals surface area contributed by atoms with Crippen LogP contribution in [0.2, 0.25) is 0 Å². The van der Waals surface area contributed by atoms with Crippen LogP contribution in [0.25, 0.3) is 0 Å². The van der Waals surface area contributed by atoms with Crippen LogP contribution in [-0.2, 0) is 4.79 Å². The van der Waals surface area contributed by atoms with Crippen molar-refractivity contribution in [3.05, 3.63) is 0 Å². The first-order valence-electron chi connectivity index (χ1n) is 6.64. The Morgan fingerprint density at radius 1 is 1.41 bits per heavy atom. The highest BCUT2D eigenvalue weighted by molar-refractivity contribution is 5.78. The van der Waals surface area contributed by atoms with E-state index in [0.29, 0.717) is 13.1 Å². The van der Waals surface area contributed by atoms with Crippen LogP contribution in [0.1, 0.15) is 47.5 Å². The SMILES string of the molecule is CCCN(CC(=O)NC(C)C)C(C)(CC)CN. The second-order valence-electron chi connectivity index (χ2n) is 5.20. The molecule has 0 bridgehead atoms. The number of nitrogens with two attached hydrogens (primary N) is 1. The second-order valence-corrected chi connectivity index (χ2v) is 5.20. The Balaban J connectivity index is 4.57. The van der Waals surface area contributed by atoms with Gasteiger partial charge >= 0.3 is 0 Å². The third kappa shape index (κ3) is 5.50. The number of rotatable bonds is 8. The van der Waals surface area contributed by atoms with E-state index >= 15 is 0 Å². The Morgan fingerprint density at radius 3 is 2.35 bits per heavy atom. The van der Waals surface area contributed by atoms with Crippen LogP contribution in [0.15, 0.2) is 0 Å². The maximum absolute atomic E-state index is 11.8. The van der Waals surface area contributed by atoms with Gasteiger partial charge in [0.2, 0.25) is 5.91 Å². The van der Waals surface area contributed by atoms with Crippen LogP contribution < -0.4 is 11.1 Å². The van der Waals surface area contributed by atoms with Crippen LogP contribution in [0, 0.1) is 0 Å². The summed E-state index contributed by atoms with van der Waals surface area (Å²) >= 11 is 0. The molecule has 3 N–H and O–H groups in total. The van der Waals surface area contributed by atoms with Crippen molar-refractivity contribution in [2.75, 3.05) is 19.6 Å². The minimum absolute atomic E-state index is 0.0790. The smallest absolute Gasteiger partial charge is 0.234 e. The molecule has 17 heavy (non-hydrogen) atoms. The molecule has 0 aromatic carbocycles. The zero-order valence-corrected chi connectivity index (χ0v) is 12.0. The lowest BCUT2D eigenvalue weighted by Crippen LogP contribution is -2.55. The summed E-state index contributed by atoms with van der Waals surface area (Å²) in [5.74, 6) is 0.0848. The fourth-order valence-corrected chi connectivity index (χ4v) is 1.85. The van der Waals surface area contributed by atoms with Gasteiger partial charge in [0.25, 0.3) is 0 Å². The summed E-state index contributed by atoms with van der Waals surface area (Å²) in [6.45, 7) is 12.3. The zero-order valence-electron chi connectivity index (χ0n) is 12.0. The predicted molar refractivity (Wildman–Crippen MR) is 72.9 cm³/mol. The molecule has 0 saturated carbocycles. The first-order valence-corrected chi connectivity index (χ1v) is 6.64. The van der Waals surface area contributed by atoms with Crippen molar-refractivity contribution >= 4 is 5.91 Å². The minimum atomic E-state index is -0.0790. The summed E-state index contributed by atoms with van der Waals surface area (Å²) in [5, 5.41) is 2.93. The molecule has 0 fully saturated rings. The molecule has 0 aliphatic rings. The lowest BCUT2D eigenvalue weighted by Gasteiger charge is -2.39. The van der Waals surface area contributed by atoms with Gasteiger partial charge in [0, 0.05) is 18.1 Å². The maximum Gasteiger partial charge on any atom is 0.234 e. The van der Waals surface area contributed by atoms with Crippen molar-refractivity contribution in [3.8, 4) is 0 Å². The average molecular weight is 243 g/mol. The van der Waals surface area contributed by atoms with Gasteiger partial charge in [0.05, 0.1) is 6.54 Å². The van der Waals surface area contributed by atoms with Crippen molar-refractivity contribution in [2.24, 2.45) is 5.73 Å². The van der Waals surface area contributed by atoms with Gasteiger partial charge in [0.15, 0.2) is 0 Å². The predicted octanol–water partition coefficient (Wildman–Crippen LogP) is 1.35. The van der Waals surface area contributed by atoms with E-state index in [1.54, 1.807) is 0 Å². The van der Waals surface area contributed by atoms with Gasteiger partial charge in [-0.15, -0.1) is 0 Å². The molecule has 0 radical (unpaired) electrons. The summed E-state index contributed by atoms with van der Waals surface area (Å²) in [7, 11) is 0. The van der Waals surface area contributed by atoms with Crippen LogP contribution in [0.4, 0.5) is 0 Å². The molecule has 0 saturated heterocycles. The lowest BCUT2D eigenvalue weighted by atomic mass is 9.96. The van der Waals surface area contributed by atoms with Crippen molar-refractivity contribution in [1.82, 2.24) is 10.2 Å². The van der Waals surface area contributed by atoms with Crippen LogP contribution in [-0.4, -0.2) is 42.0 Å². The highest BCUT2D eigenvalue weighted by atomic mass is 16.2. The number of carbonyl (C=O) groups excluding carboxylic acids is 1. The number of nitrogens with one attached hydrogen (secondary N) is 1. The third-order valence-electron chi connectivity index (χ3n) is 3.24. The van der Waals surface area contributed by atoms with Gasteiger partial charge in [-0.2, -0.15) is 0 Å². The van der Waals surface area contributed by atoms with Crippen molar-refractivity contribution < 1.29 is 4.79 Å². The molecule has 1 amide bonds. The highest BCUT2D eigenvalue weighted by Gasteiger charge is 2.29. The molecule has 4 heteroatoms. The number of nitrogens with zero attached hydrogens (tertiary/aromatic N) is 1. The molecule has 1 unspecified atom stereocenters. The number of carbonyl (C=O) groups is 1. The minimum Gasteiger partial charge on any atom is -0.353 e. The molecular formula is C13H29N3O. The molecule has 0 aromatic rings. The summed E-state index contributed by atoms with van der Waals surface area (Å²) in [4.78, 5) is 14.0. The van der Waals surface area contributed by atoms with E-state index in [4.69, 9.17) is 5.73 Å². The van der Waals surface area contributed by atoms with Gasteiger partial charge in [-0.25, -0.2) is 0 Å². The summed E-state index contributed by atoms with van der Waals surface area (Å²) in [6, 6.07) is 0.191. The standard InChI is InChI=1S/C13H29N3O/c1-6-8-16(13(5,7-2)10-14)9-12(17)15-11(3)4/h11H,6-10,14H2,1-5H3,(H,15,17). The van der Waals surface area contributed by atoms with Gasteiger partial charge < -0.3 is 11.1 Å². The lowest BCUT2D eigenvalue weighted by molar-refractivity contribution is -0.124. The Bertz CT molecular complexity index is 225.